The summed E-state index contributed by atoms with van der Waals surface area (Å²) in [6.45, 7) is 0. The first-order valence-corrected chi connectivity index (χ1v) is 5.90. The van der Waals surface area contributed by atoms with Crippen LogP contribution in [0.25, 0.3) is 11.5 Å². The van der Waals surface area contributed by atoms with E-state index >= 15 is 0 Å². The zero-order valence-corrected chi connectivity index (χ0v) is 8.97. The zero-order valence-electron chi connectivity index (χ0n) is 7.34. The third kappa shape index (κ3) is 1.83. The van der Waals surface area contributed by atoms with Crippen LogP contribution in [-0.4, -0.2) is 26.2 Å². The molecule has 5 nitrogen and oxygen atoms in total. The minimum absolute atomic E-state index is 0.229. The van der Waals surface area contributed by atoms with Gasteiger partial charge in [0.15, 0.2) is 11.0 Å². The number of thiazole rings is 1. The summed E-state index contributed by atoms with van der Waals surface area (Å²) in [7, 11) is 0. The van der Waals surface area contributed by atoms with E-state index in [1.54, 1.807) is 5.51 Å². The lowest BCUT2D eigenvalue weighted by Crippen LogP contribution is -2.01. The Labute approximate surface area is 88.8 Å². The molecule has 0 radical (unpaired) electrons. The summed E-state index contributed by atoms with van der Waals surface area (Å²) in [5.74, 6) is 0.760. The van der Waals surface area contributed by atoms with Gasteiger partial charge in [-0.3, -0.25) is 0 Å². The molecule has 7 heteroatoms. The van der Waals surface area contributed by atoms with Crippen molar-refractivity contribution in [3.8, 4) is 11.5 Å². The second kappa shape index (κ2) is 3.89. The van der Waals surface area contributed by atoms with Crippen LogP contribution < -0.4 is 5.73 Å². The lowest BCUT2D eigenvalue weighted by molar-refractivity contribution is 0.923. The van der Waals surface area contributed by atoms with Gasteiger partial charge in [-0.25, -0.2) is 9.97 Å². The fourth-order valence-electron chi connectivity index (χ4n) is 0.901. The maximum Gasteiger partial charge on any atom is 0.224 e. The first-order chi connectivity index (χ1) is 6.79. The highest BCUT2D eigenvalue weighted by Gasteiger charge is 2.07. The summed E-state index contributed by atoms with van der Waals surface area (Å²) in [6.07, 6.45) is 1.89. The molecule has 0 saturated heterocycles. The van der Waals surface area contributed by atoms with Gasteiger partial charge in [-0.2, -0.15) is 9.97 Å². The van der Waals surface area contributed by atoms with Crippen LogP contribution in [0.5, 0.6) is 0 Å². The van der Waals surface area contributed by atoms with Gasteiger partial charge in [0.25, 0.3) is 0 Å². The van der Waals surface area contributed by atoms with Crippen LogP contribution in [0.2, 0.25) is 0 Å². The molecule has 0 atom stereocenters. The van der Waals surface area contributed by atoms with Gasteiger partial charge >= 0.3 is 0 Å². The van der Waals surface area contributed by atoms with Crippen LogP contribution in [0, 0.1) is 0 Å². The molecule has 0 bridgehead atoms. The number of nitrogen functional groups attached to an aromatic ring is 1. The van der Waals surface area contributed by atoms with E-state index in [0.717, 1.165) is 5.69 Å². The molecule has 0 aromatic carbocycles. The number of hydrogen-bond donors (Lipinski definition) is 1. The molecule has 0 unspecified atom stereocenters. The smallest absolute Gasteiger partial charge is 0.224 e. The highest BCUT2D eigenvalue weighted by molar-refractivity contribution is 7.98. The Kier molecular flexibility index (Phi) is 2.60. The van der Waals surface area contributed by atoms with E-state index in [-0.39, 0.29) is 5.95 Å². The maximum atomic E-state index is 5.54. The highest BCUT2D eigenvalue weighted by atomic mass is 32.2. The summed E-state index contributed by atoms with van der Waals surface area (Å²) in [4.78, 5) is 16.3. The van der Waals surface area contributed by atoms with Crippen LogP contribution in [0.1, 0.15) is 0 Å². The van der Waals surface area contributed by atoms with Crippen molar-refractivity contribution < 1.29 is 0 Å². The Balaban J connectivity index is 2.48. The second-order valence-electron chi connectivity index (χ2n) is 2.38. The number of aromatic nitrogens is 4. The SMILES string of the molecule is CSc1nc(N)nc(-c2cscn2)n1. The molecule has 0 saturated carbocycles. The second-order valence-corrected chi connectivity index (χ2v) is 3.87. The van der Waals surface area contributed by atoms with Crippen molar-refractivity contribution in [1.29, 1.82) is 0 Å². The summed E-state index contributed by atoms with van der Waals surface area (Å²) >= 11 is 2.92. The number of hydrogen-bond acceptors (Lipinski definition) is 7. The molecule has 2 rings (SSSR count). The number of nitrogens with two attached hydrogens (primary N) is 1. The molecular weight excluding hydrogens is 218 g/mol. The van der Waals surface area contributed by atoms with Gasteiger partial charge in [-0.1, -0.05) is 11.8 Å². The van der Waals surface area contributed by atoms with Gasteiger partial charge in [0.2, 0.25) is 5.95 Å². The molecule has 0 aliphatic heterocycles. The molecule has 0 amide bonds. The summed E-state index contributed by atoms with van der Waals surface area (Å²) in [5, 5.41) is 2.49. The van der Waals surface area contributed by atoms with E-state index in [4.69, 9.17) is 5.73 Å². The Morgan fingerprint density at radius 3 is 2.86 bits per heavy atom. The molecule has 2 aromatic heterocycles. The van der Waals surface area contributed by atoms with Crippen LogP contribution in [0.4, 0.5) is 5.95 Å². The van der Waals surface area contributed by atoms with Crippen molar-refractivity contribution in [3.63, 3.8) is 0 Å². The van der Waals surface area contributed by atoms with Crippen molar-refractivity contribution >= 4 is 29.0 Å². The van der Waals surface area contributed by atoms with Crippen LogP contribution in [0.15, 0.2) is 16.0 Å². The number of rotatable bonds is 2. The minimum Gasteiger partial charge on any atom is -0.368 e. The Hall–Kier alpha value is -1.21. The molecule has 2 N–H and O–H groups in total. The van der Waals surface area contributed by atoms with E-state index in [2.05, 4.69) is 19.9 Å². The van der Waals surface area contributed by atoms with E-state index < -0.39 is 0 Å². The normalized spacial score (nSPS) is 10.4. The minimum atomic E-state index is 0.229. The molecule has 0 aliphatic carbocycles. The maximum absolute atomic E-state index is 5.54. The number of thioether (sulfide) groups is 1. The van der Waals surface area contributed by atoms with E-state index in [0.29, 0.717) is 11.0 Å². The van der Waals surface area contributed by atoms with Gasteiger partial charge in [0.1, 0.15) is 5.69 Å². The molecule has 72 valence electrons. The predicted octanol–water partition coefficient (Wildman–Crippen LogP) is 1.30. The van der Waals surface area contributed by atoms with Gasteiger partial charge in [0, 0.05) is 5.38 Å². The molecule has 0 fully saturated rings. The Morgan fingerprint density at radius 1 is 1.36 bits per heavy atom. The van der Waals surface area contributed by atoms with Crippen LogP contribution in [0.3, 0.4) is 0 Å². The molecule has 2 aromatic rings. The predicted molar refractivity (Wildman–Crippen MR) is 57.1 cm³/mol. The molecule has 14 heavy (non-hydrogen) atoms. The van der Waals surface area contributed by atoms with Crippen molar-refractivity contribution in [1.82, 2.24) is 19.9 Å². The summed E-state index contributed by atoms with van der Waals surface area (Å²) in [6, 6.07) is 0. The van der Waals surface area contributed by atoms with Gasteiger partial charge in [0.05, 0.1) is 5.51 Å². The highest BCUT2D eigenvalue weighted by Crippen LogP contribution is 2.18. The third-order valence-corrected chi connectivity index (χ3v) is 2.61. The van der Waals surface area contributed by atoms with E-state index in [9.17, 15) is 0 Å². The molecular formula is C7H7N5S2. The van der Waals surface area contributed by atoms with Crippen molar-refractivity contribution in [2.45, 2.75) is 5.16 Å². The largest absolute Gasteiger partial charge is 0.368 e. The topological polar surface area (TPSA) is 77.6 Å². The number of nitrogens with zero attached hydrogens (tertiary/aromatic N) is 4. The Morgan fingerprint density at radius 2 is 2.21 bits per heavy atom. The fourth-order valence-corrected chi connectivity index (χ4v) is 1.79. The fraction of sp³-hybridized carbons (Fsp3) is 0.143. The van der Waals surface area contributed by atoms with Gasteiger partial charge < -0.3 is 5.73 Å². The summed E-state index contributed by atoms with van der Waals surface area (Å²) in [5.41, 5.74) is 8.01. The molecule has 0 spiro atoms. The average molecular weight is 225 g/mol. The number of anilines is 1. The van der Waals surface area contributed by atoms with Gasteiger partial charge in [-0.05, 0) is 6.26 Å². The zero-order chi connectivity index (χ0) is 9.97. The third-order valence-electron chi connectivity index (χ3n) is 1.48. The summed E-state index contributed by atoms with van der Waals surface area (Å²) < 4.78 is 0. The van der Waals surface area contributed by atoms with Crippen molar-refractivity contribution in [2.75, 3.05) is 12.0 Å². The lowest BCUT2D eigenvalue weighted by atomic mass is 10.5. The van der Waals surface area contributed by atoms with E-state index in [1.807, 2.05) is 11.6 Å². The van der Waals surface area contributed by atoms with Crippen LogP contribution >= 0.6 is 23.1 Å². The van der Waals surface area contributed by atoms with Crippen molar-refractivity contribution in [2.24, 2.45) is 0 Å². The van der Waals surface area contributed by atoms with Crippen LogP contribution in [-0.2, 0) is 0 Å². The monoisotopic (exact) mass is 225 g/mol. The molecule has 2 heterocycles. The van der Waals surface area contributed by atoms with Gasteiger partial charge in [-0.15, -0.1) is 11.3 Å². The quantitative estimate of drug-likeness (QED) is 0.776. The Bertz CT molecular complexity index is 428. The first kappa shape index (κ1) is 9.35. The lowest BCUT2D eigenvalue weighted by Gasteiger charge is -1.99. The first-order valence-electron chi connectivity index (χ1n) is 3.73. The average Bonchev–Trinajstić information content (AvgIpc) is 2.69. The molecule has 0 aliphatic rings. The standard InChI is InChI=1S/C7H7N5S2/c1-13-7-11-5(10-6(8)12-7)4-2-14-3-9-4/h2-3H,1H3,(H2,8,10,11,12). The van der Waals surface area contributed by atoms with Crippen molar-refractivity contribution in [3.05, 3.63) is 10.9 Å². The van der Waals surface area contributed by atoms with E-state index in [1.165, 1.54) is 23.1 Å².